The third kappa shape index (κ3) is 2.59. The van der Waals surface area contributed by atoms with Crippen molar-refractivity contribution in [3.8, 4) is 0 Å². The molecule has 0 aromatic rings. The molecule has 0 aromatic carbocycles. The van der Waals surface area contributed by atoms with Crippen LogP contribution >= 0.6 is 0 Å². The summed E-state index contributed by atoms with van der Waals surface area (Å²) in [4.78, 5) is 15.3. The van der Waals surface area contributed by atoms with E-state index in [9.17, 15) is 4.79 Å². The van der Waals surface area contributed by atoms with E-state index in [1.54, 1.807) is 19.0 Å². The molecule has 4 heteroatoms. The van der Waals surface area contributed by atoms with E-state index in [4.69, 9.17) is 0 Å². The summed E-state index contributed by atoms with van der Waals surface area (Å²) in [6.45, 7) is 4.87. The van der Waals surface area contributed by atoms with Crippen LogP contribution in [0.5, 0.6) is 0 Å². The molecule has 0 bridgehead atoms. The lowest BCUT2D eigenvalue weighted by Crippen LogP contribution is -2.46. The zero-order chi connectivity index (χ0) is 9.84. The minimum atomic E-state index is 0.121. The maximum Gasteiger partial charge on any atom is 0.319 e. The molecule has 4 nitrogen and oxygen atoms in total. The van der Waals surface area contributed by atoms with Gasteiger partial charge in [-0.25, -0.2) is 4.79 Å². The van der Waals surface area contributed by atoms with Crippen LogP contribution in [0.3, 0.4) is 0 Å². The molecular weight excluding hydrogens is 166 g/mol. The number of amides is 2. The van der Waals surface area contributed by atoms with Gasteiger partial charge in [0.15, 0.2) is 0 Å². The highest BCUT2D eigenvalue weighted by Crippen LogP contribution is 2.05. The molecule has 1 aliphatic rings. The van der Waals surface area contributed by atoms with Crippen LogP contribution in [0.1, 0.15) is 13.3 Å². The lowest BCUT2D eigenvalue weighted by Gasteiger charge is -2.29. The fourth-order valence-electron chi connectivity index (χ4n) is 1.56. The summed E-state index contributed by atoms with van der Waals surface area (Å²) >= 11 is 0. The normalized spacial score (nSPS) is 23.9. The van der Waals surface area contributed by atoms with Crippen LogP contribution in [-0.4, -0.2) is 55.6 Å². The summed E-state index contributed by atoms with van der Waals surface area (Å²) in [5.41, 5.74) is 0. The first-order chi connectivity index (χ1) is 6.13. The SMILES string of the molecule is CC1CNCCCN1C(=O)N(C)C. The molecule has 76 valence electrons. The molecule has 1 N–H and O–H groups in total. The first-order valence-corrected chi connectivity index (χ1v) is 4.81. The van der Waals surface area contributed by atoms with E-state index < -0.39 is 0 Å². The highest BCUT2D eigenvalue weighted by Gasteiger charge is 2.22. The molecule has 1 unspecified atom stereocenters. The van der Waals surface area contributed by atoms with Crippen LogP contribution in [0, 0.1) is 0 Å². The number of hydrogen-bond acceptors (Lipinski definition) is 2. The van der Waals surface area contributed by atoms with Crippen LogP contribution in [0.4, 0.5) is 4.79 Å². The zero-order valence-corrected chi connectivity index (χ0v) is 8.71. The number of hydrogen-bond donors (Lipinski definition) is 1. The lowest BCUT2D eigenvalue weighted by molar-refractivity contribution is 0.157. The van der Waals surface area contributed by atoms with Gasteiger partial charge in [0.05, 0.1) is 0 Å². The largest absolute Gasteiger partial charge is 0.331 e. The fraction of sp³-hybridized carbons (Fsp3) is 0.889. The Labute approximate surface area is 79.9 Å². The molecule has 2 amide bonds. The molecule has 0 saturated carbocycles. The van der Waals surface area contributed by atoms with Crippen LogP contribution in [0.25, 0.3) is 0 Å². The van der Waals surface area contributed by atoms with Gasteiger partial charge >= 0.3 is 6.03 Å². The predicted octanol–water partition coefficient (Wildman–Crippen LogP) is 0.352. The van der Waals surface area contributed by atoms with E-state index in [2.05, 4.69) is 12.2 Å². The van der Waals surface area contributed by atoms with Crippen LogP contribution in [0.15, 0.2) is 0 Å². The van der Waals surface area contributed by atoms with Gasteiger partial charge in [-0.1, -0.05) is 0 Å². The molecule has 1 rings (SSSR count). The Morgan fingerprint density at radius 3 is 2.85 bits per heavy atom. The molecule has 0 radical (unpaired) electrons. The van der Waals surface area contributed by atoms with Crippen molar-refractivity contribution in [1.29, 1.82) is 0 Å². The first-order valence-electron chi connectivity index (χ1n) is 4.81. The second-order valence-electron chi connectivity index (χ2n) is 3.78. The summed E-state index contributed by atoms with van der Waals surface area (Å²) in [6, 6.07) is 0.425. The minimum Gasteiger partial charge on any atom is -0.331 e. The Kier molecular flexibility index (Phi) is 3.54. The quantitative estimate of drug-likeness (QED) is 0.591. The Hall–Kier alpha value is -0.770. The molecule has 1 fully saturated rings. The average Bonchev–Trinajstić information content (AvgIpc) is 2.28. The predicted molar refractivity (Wildman–Crippen MR) is 52.7 cm³/mol. The third-order valence-corrected chi connectivity index (χ3v) is 2.35. The van der Waals surface area contributed by atoms with Gasteiger partial charge in [-0.15, -0.1) is 0 Å². The van der Waals surface area contributed by atoms with E-state index in [0.29, 0.717) is 6.04 Å². The number of carbonyl (C=O) groups excluding carboxylic acids is 1. The van der Waals surface area contributed by atoms with Crippen molar-refractivity contribution in [1.82, 2.24) is 15.1 Å². The Morgan fingerprint density at radius 1 is 1.54 bits per heavy atom. The lowest BCUT2D eigenvalue weighted by atomic mass is 10.3. The number of rotatable bonds is 0. The van der Waals surface area contributed by atoms with E-state index in [-0.39, 0.29) is 6.03 Å². The molecular formula is C9H19N3O. The molecule has 0 aliphatic carbocycles. The van der Waals surface area contributed by atoms with Gasteiger partial charge in [0, 0.05) is 33.2 Å². The molecule has 1 heterocycles. The molecule has 13 heavy (non-hydrogen) atoms. The number of nitrogens with zero attached hydrogens (tertiary/aromatic N) is 2. The van der Waals surface area contributed by atoms with Gasteiger partial charge in [-0.3, -0.25) is 0 Å². The van der Waals surface area contributed by atoms with Gasteiger partial charge < -0.3 is 15.1 Å². The monoisotopic (exact) mass is 185 g/mol. The van der Waals surface area contributed by atoms with Crippen LogP contribution in [0.2, 0.25) is 0 Å². The maximum atomic E-state index is 11.7. The highest BCUT2D eigenvalue weighted by atomic mass is 16.2. The van der Waals surface area contributed by atoms with Crippen molar-refractivity contribution in [2.24, 2.45) is 0 Å². The van der Waals surface area contributed by atoms with Crippen molar-refractivity contribution < 1.29 is 4.79 Å². The smallest absolute Gasteiger partial charge is 0.319 e. The second kappa shape index (κ2) is 4.46. The first kappa shape index (κ1) is 10.3. The van der Waals surface area contributed by atoms with Crippen molar-refractivity contribution in [3.63, 3.8) is 0 Å². The maximum absolute atomic E-state index is 11.7. The van der Waals surface area contributed by atoms with Gasteiger partial charge in [0.25, 0.3) is 0 Å². The van der Waals surface area contributed by atoms with Crippen molar-refractivity contribution >= 4 is 6.03 Å². The second-order valence-corrected chi connectivity index (χ2v) is 3.78. The van der Waals surface area contributed by atoms with E-state index in [1.165, 1.54) is 0 Å². The van der Waals surface area contributed by atoms with E-state index in [0.717, 1.165) is 26.1 Å². The van der Waals surface area contributed by atoms with Crippen molar-refractivity contribution in [2.45, 2.75) is 19.4 Å². The minimum absolute atomic E-state index is 0.121. The van der Waals surface area contributed by atoms with Gasteiger partial charge in [0.2, 0.25) is 0 Å². The summed E-state index contributed by atoms with van der Waals surface area (Å²) in [6.07, 6.45) is 1.05. The topological polar surface area (TPSA) is 35.6 Å². The summed E-state index contributed by atoms with van der Waals surface area (Å²) in [5.74, 6) is 0. The zero-order valence-electron chi connectivity index (χ0n) is 8.71. The Morgan fingerprint density at radius 2 is 2.23 bits per heavy atom. The van der Waals surface area contributed by atoms with Gasteiger partial charge in [-0.2, -0.15) is 0 Å². The average molecular weight is 185 g/mol. The van der Waals surface area contributed by atoms with Crippen LogP contribution < -0.4 is 5.32 Å². The van der Waals surface area contributed by atoms with Crippen LogP contribution in [-0.2, 0) is 0 Å². The number of urea groups is 1. The molecule has 0 spiro atoms. The van der Waals surface area contributed by atoms with E-state index in [1.807, 2.05) is 4.90 Å². The van der Waals surface area contributed by atoms with Gasteiger partial charge in [-0.05, 0) is 19.9 Å². The Bertz CT molecular complexity index is 182. The highest BCUT2D eigenvalue weighted by molar-refractivity contribution is 5.74. The fourth-order valence-corrected chi connectivity index (χ4v) is 1.56. The molecule has 0 aromatic heterocycles. The Balaban J connectivity index is 2.58. The van der Waals surface area contributed by atoms with Crippen molar-refractivity contribution in [2.75, 3.05) is 33.7 Å². The summed E-state index contributed by atoms with van der Waals surface area (Å²) in [5, 5.41) is 3.31. The standard InChI is InChI=1S/C9H19N3O/c1-8-7-10-5-4-6-12(8)9(13)11(2)3/h8,10H,4-7H2,1-3H3. The van der Waals surface area contributed by atoms with Crippen molar-refractivity contribution in [3.05, 3.63) is 0 Å². The third-order valence-electron chi connectivity index (χ3n) is 2.35. The molecule has 1 saturated heterocycles. The number of nitrogens with one attached hydrogen (secondary N) is 1. The van der Waals surface area contributed by atoms with Gasteiger partial charge in [0.1, 0.15) is 0 Å². The summed E-state index contributed by atoms with van der Waals surface area (Å²) in [7, 11) is 3.60. The number of carbonyl (C=O) groups is 1. The molecule has 1 atom stereocenters. The summed E-state index contributed by atoms with van der Waals surface area (Å²) < 4.78 is 0. The van der Waals surface area contributed by atoms with E-state index >= 15 is 0 Å². The molecule has 1 aliphatic heterocycles.